The third kappa shape index (κ3) is 2.07. The fraction of sp³-hybridized carbons (Fsp3) is 0.154. The Labute approximate surface area is 112 Å². The number of rotatable bonds is 3. The highest BCUT2D eigenvalue weighted by Gasteiger charge is 2.21. The molecule has 0 unspecified atom stereocenters. The molecule has 20 heavy (non-hydrogen) atoms. The fourth-order valence-electron chi connectivity index (χ4n) is 2.12. The Kier molecular flexibility index (Phi) is 3.35. The second-order valence-corrected chi connectivity index (χ2v) is 4.29. The minimum atomic E-state index is -1.24. The Bertz CT molecular complexity index is 723. The van der Waals surface area contributed by atoms with Gasteiger partial charge in [-0.15, -0.1) is 0 Å². The number of aryl methyl sites for hydroxylation is 1. The predicted octanol–water partition coefficient (Wildman–Crippen LogP) is 3.09. The van der Waals surface area contributed by atoms with Crippen molar-refractivity contribution in [1.29, 1.82) is 0 Å². The summed E-state index contributed by atoms with van der Waals surface area (Å²) < 4.78 is 28.5. The van der Waals surface area contributed by atoms with E-state index in [1.165, 1.54) is 10.6 Å². The summed E-state index contributed by atoms with van der Waals surface area (Å²) in [4.78, 5) is 20.7. The monoisotopic (exact) mass is 280 g/mol. The minimum absolute atomic E-state index is 0.166. The van der Waals surface area contributed by atoms with Gasteiger partial charge in [0, 0.05) is 29.1 Å². The van der Waals surface area contributed by atoms with Crippen molar-refractivity contribution >= 4 is 12.0 Å². The Morgan fingerprint density at radius 2 is 1.85 bits per heavy atom. The van der Waals surface area contributed by atoms with Gasteiger partial charge in [0.2, 0.25) is 5.82 Å². The van der Waals surface area contributed by atoms with Crippen LogP contribution >= 0.6 is 0 Å². The van der Waals surface area contributed by atoms with Crippen LogP contribution in [0.25, 0.3) is 5.69 Å². The molecule has 7 heteroatoms. The zero-order valence-electron chi connectivity index (χ0n) is 10.7. The summed E-state index contributed by atoms with van der Waals surface area (Å²) in [5.41, 5.74) is 0.304. The van der Waals surface area contributed by atoms with Gasteiger partial charge >= 0.3 is 5.69 Å². The van der Waals surface area contributed by atoms with E-state index >= 15 is 0 Å². The molecule has 104 valence electrons. The van der Waals surface area contributed by atoms with Crippen LogP contribution in [0.15, 0.2) is 18.2 Å². The van der Waals surface area contributed by atoms with Crippen molar-refractivity contribution in [2.45, 2.75) is 13.8 Å². The third-order valence-corrected chi connectivity index (χ3v) is 3.05. The van der Waals surface area contributed by atoms with E-state index in [9.17, 15) is 23.7 Å². The fourth-order valence-corrected chi connectivity index (χ4v) is 2.12. The SMILES string of the molecule is Cc1cc(C=O)c(C)n1-c1cc([N+](=O)[O-])c(F)cc1F. The molecule has 0 aliphatic carbocycles. The second-order valence-electron chi connectivity index (χ2n) is 4.29. The number of halogens is 2. The number of carbonyl (C=O) groups excluding carboxylic acids is 1. The molecular weight excluding hydrogens is 270 g/mol. The first-order valence-electron chi connectivity index (χ1n) is 5.64. The first kappa shape index (κ1) is 13.9. The van der Waals surface area contributed by atoms with E-state index in [2.05, 4.69) is 0 Å². The number of benzene rings is 1. The number of hydrogen-bond acceptors (Lipinski definition) is 3. The molecule has 2 aromatic rings. The molecule has 0 fully saturated rings. The molecule has 2 rings (SSSR count). The molecule has 0 N–H and O–H groups in total. The lowest BCUT2D eigenvalue weighted by Gasteiger charge is -2.10. The maximum absolute atomic E-state index is 13.9. The standard InChI is InChI=1S/C13H10F2N2O3/c1-7-3-9(6-18)8(2)16(7)12-5-13(17(19)20)11(15)4-10(12)14/h3-6H,1-2H3. The average Bonchev–Trinajstić information content (AvgIpc) is 2.65. The van der Waals surface area contributed by atoms with Crippen molar-refractivity contribution in [3.8, 4) is 5.69 Å². The van der Waals surface area contributed by atoms with Crippen LogP contribution in [0.5, 0.6) is 0 Å². The lowest BCUT2D eigenvalue weighted by molar-refractivity contribution is -0.387. The van der Waals surface area contributed by atoms with Gasteiger partial charge in [-0.05, 0) is 19.9 Å². The van der Waals surface area contributed by atoms with Crippen molar-refractivity contribution in [1.82, 2.24) is 4.57 Å². The van der Waals surface area contributed by atoms with Gasteiger partial charge in [-0.25, -0.2) is 4.39 Å². The summed E-state index contributed by atoms with van der Waals surface area (Å²) >= 11 is 0. The van der Waals surface area contributed by atoms with Crippen LogP contribution < -0.4 is 0 Å². The normalized spacial score (nSPS) is 10.6. The van der Waals surface area contributed by atoms with Gasteiger partial charge in [0.15, 0.2) is 12.1 Å². The topological polar surface area (TPSA) is 65.1 Å². The van der Waals surface area contributed by atoms with Crippen LogP contribution in [0.1, 0.15) is 21.7 Å². The van der Waals surface area contributed by atoms with Gasteiger partial charge in [0.1, 0.15) is 0 Å². The number of nitro groups is 1. The van der Waals surface area contributed by atoms with Crippen molar-refractivity contribution in [3.05, 3.63) is 56.9 Å². The number of hydrogen-bond donors (Lipinski definition) is 0. The van der Waals surface area contributed by atoms with Crippen molar-refractivity contribution in [2.24, 2.45) is 0 Å². The number of aromatic nitrogens is 1. The van der Waals surface area contributed by atoms with Crippen LogP contribution in [-0.4, -0.2) is 15.8 Å². The van der Waals surface area contributed by atoms with Crippen LogP contribution in [0.3, 0.4) is 0 Å². The summed E-state index contributed by atoms with van der Waals surface area (Å²) in [6.07, 6.45) is 0.606. The van der Waals surface area contributed by atoms with E-state index in [0.717, 1.165) is 6.07 Å². The Balaban J connectivity index is 2.76. The number of nitrogens with zero attached hydrogens (tertiary/aromatic N) is 2. The highest BCUT2D eigenvalue weighted by atomic mass is 19.1. The number of carbonyl (C=O) groups is 1. The van der Waals surface area contributed by atoms with Crippen LogP contribution in [0.2, 0.25) is 0 Å². The molecule has 0 saturated heterocycles. The van der Waals surface area contributed by atoms with Gasteiger partial charge in [0.05, 0.1) is 10.6 Å². The third-order valence-electron chi connectivity index (χ3n) is 3.05. The maximum Gasteiger partial charge on any atom is 0.307 e. The zero-order chi connectivity index (χ0) is 15.0. The summed E-state index contributed by atoms with van der Waals surface area (Å²) in [7, 11) is 0. The van der Waals surface area contributed by atoms with Crippen LogP contribution in [0, 0.1) is 35.6 Å². The van der Waals surface area contributed by atoms with Crippen LogP contribution in [-0.2, 0) is 0 Å². The Morgan fingerprint density at radius 3 is 2.35 bits per heavy atom. The van der Waals surface area contributed by atoms with Gasteiger partial charge < -0.3 is 4.57 Å². The molecular formula is C13H10F2N2O3. The molecule has 0 aliphatic rings. The predicted molar refractivity (Wildman–Crippen MR) is 67.2 cm³/mol. The van der Waals surface area contributed by atoms with E-state index in [-0.39, 0.29) is 5.69 Å². The molecule has 0 bridgehead atoms. The molecule has 0 aliphatic heterocycles. The highest BCUT2D eigenvalue weighted by Crippen LogP contribution is 2.27. The summed E-state index contributed by atoms with van der Waals surface area (Å²) in [6, 6.07) is 2.81. The number of nitro benzene ring substituents is 1. The van der Waals surface area contributed by atoms with E-state index in [4.69, 9.17) is 0 Å². The summed E-state index contributed by atoms with van der Waals surface area (Å²) in [5, 5.41) is 10.7. The minimum Gasteiger partial charge on any atom is -0.315 e. The summed E-state index contributed by atoms with van der Waals surface area (Å²) in [6.45, 7) is 3.19. The first-order chi connectivity index (χ1) is 9.36. The van der Waals surface area contributed by atoms with E-state index < -0.39 is 22.2 Å². The second kappa shape index (κ2) is 4.84. The number of aldehydes is 1. The molecule has 1 heterocycles. The average molecular weight is 280 g/mol. The molecule has 0 saturated carbocycles. The molecule has 0 amide bonds. The molecule has 0 spiro atoms. The molecule has 0 radical (unpaired) electrons. The maximum atomic E-state index is 13.9. The van der Waals surface area contributed by atoms with Gasteiger partial charge in [-0.3, -0.25) is 14.9 Å². The molecule has 1 aromatic heterocycles. The first-order valence-corrected chi connectivity index (χ1v) is 5.64. The Hall–Kier alpha value is -2.57. The zero-order valence-corrected chi connectivity index (χ0v) is 10.7. The van der Waals surface area contributed by atoms with Gasteiger partial charge in [-0.1, -0.05) is 0 Å². The van der Waals surface area contributed by atoms with Gasteiger partial charge in [0.25, 0.3) is 0 Å². The lowest BCUT2D eigenvalue weighted by atomic mass is 10.2. The van der Waals surface area contributed by atoms with E-state index in [1.54, 1.807) is 13.8 Å². The van der Waals surface area contributed by atoms with E-state index in [1.807, 2.05) is 0 Å². The Morgan fingerprint density at radius 1 is 1.20 bits per heavy atom. The largest absolute Gasteiger partial charge is 0.315 e. The van der Waals surface area contributed by atoms with E-state index in [0.29, 0.717) is 29.3 Å². The smallest absolute Gasteiger partial charge is 0.307 e. The van der Waals surface area contributed by atoms with Crippen molar-refractivity contribution < 1.29 is 18.5 Å². The van der Waals surface area contributed by atoms with Crippen LogP contribution in [0.4, 0.5) is 14.5 Å². The quantitative estimate of drug-likeness (QED) is 0.493. The highest BCUT2D eigenvalue weighted by molar-refractivity contribution is 5.77. The lowest BCUT2D eigenvalue weighted by Crippen LogP contribution is -2.05. The summed E-state index contributed by atoms with van der Waals surface area (Å²) in [5.74, 6) is -2.18. The van der Waals surface area contributed by atoms with Crippen molar-refractivity contribution in [2.75, 3.05) is 0 Å². The molecule has 0 atom stereocenters. The molecule has 1 aromatic carbocycles. The molecule has 5 nitrogen and oxygen atoms in total. The van der Waals surface area contributed by atoms with Gasteiger partial charge in [-0.2, -0.15) is 4.39 Å². The van der Waals surface area contributed by atoms with Crippen molar-refractivity contribution in [3.63, 3.8) is 0 Å².